The van der Waals surface area contributed by atoms with Gasteiger partial charge in [-0.1, -0.05) is 36.4 Å². The van der Waals surface area contributed by atoms with Crippen LogP contribution in [0.5, 0.6) is 0 Å². The van der Waals surface area contributed by atoms with Gasteiger partial charge < -0.3 is 4.74 Å². The Morgan fingerprint density at radius 3 is 2.57 bits per heavy atom. The van der Waals surface area contributed by atoms with Gasteiger partial charge in [-0.05, 0) is 42.2 Å². The van der Waals surface area contributed by atoms with E-state index in [0.29, 0.717) is 5.92 Å². The molecule has 0 radical (unpaired) electrons. The SMILES string of the molecule is CC1CC2=C(O1)c1ccccc1CC2c1ccc(F)cc1. The molecule has 106 valence electrons. The Morgan fingerprint density at radius 1 is 1.00 bits per heavy atom. The fourth-order valence-electron chi connectivity index (χ4n) is 3.53. The summed E-state index contributed by atoms with van der Waals surface area (Å²) in [6, 6.07) is 15.4. The Kier molecular flexibility index (Phi) is 2.85. The molecule has 0 fully saturated rings. The largest absolute Gasteiger partial charge is 0.490 e. The summed E-state index contributed by atoms with van der Waals surface area (Å²) in [7, 11) is 0. The molecule has 1 heterocycles. The molecule has 0 saturated heterocycles. The Balaban J connectivity index is 1.83. The van der Waals surface area contributed by atoms with Gasteiger partial charge in [-0.25, -0.2) is 4.39 Å². The summed E-state index contributed by atoms with van der Waals surface area (Å²) in [5.41, 5.74) is 5.10. The highest BCUT2D eigenvalue weighted by molar-refractivity contribution is 5.72. The molecule has 0 saturated carbocycles. The predicted octanol–water partition coefficient (Wildman–Crippen LogP) is 4.69. The van der Waals surface area contributed by atoms with Crippen LogP contribution in [0, 0.1) is 5.82 Å². The van der Waals surface area contributed by atoms with Crippen molar-refractivity contribution >= 4 is 5.76 Å². The lowest BCUT2D eigenvalue weighted by Gasteiger charge is -2.26. The highest BCUT2D eigenvalue weighted by atomic mass is 19.1. The van der Waals surface area contributed by atoms with Gasteiger partial charge >= 0.3 is 0 Å². The molecule has 2 aromatic rings. The first-order valence-electron chi connectivity index (χ1n) is 7.46. The van der Waals surface area contributed by atoms with Crippen molar-refractivity contribution in [3.63, 3.8) is 0 Å². The molecule has 2 atom stereocenters. The van der Waals surface area contributed by atoms with Crippen LogP contribution in [0.25, 0.3) is 5.76 Å². The lowest BCUT2D eigenvalue weighted by Crippen LogP contribution is -2.13. The minimum Gasteiger partial charge on any atom is -0.490 e. The first-order chi connectivity index (χ1) is 10.2. The fourth-order valence-corrected chi connectivity index (χ4v) is 3.53. The van der Waals surface area contributed by atoms with Crippen LogP contribution in [0.15, 0.2) is 54.1 Å². The average molecular weight is 280 g/mol. The van der Waals surface area contributed by atoms with Gasteiger partial charge in [-0.2, -0.15) is 0 Å². The molecule has 0 aromatic heterocycles. The maximum Gasteiger partial charge on any atom is 0.127 e. The molecule has 0 spiro atoms. The van der Waals surface area contributed by atoms with Crippen LogP contribution in [-0.4, -0.2) is 6.10 Å². The van der Waals surface area contributed by atoms with Crippen LogP contribution in [0.3, 0.4) is 0 Å². The van der Waals surface area contributed by atoms with Crippen molar-refractivity contribution in [2.75, 3.05) is 0 Å². The second-order valence-electron chi connectivity index (χ2n) is 5.95. The summed E-state index contributed by atoms with van der Waals surface area (Å²) in [4.78, 5) is 0. The lowest BCUT2D eigenvalue weighted by molar-refractivity contribution is 0.210. The summed E-state index contributed by atoms with van der Waals surface area (Å²) < 4.78 is 19.3. The monoisotopic (exact) mass is 280 g/mol. The Hall–Kier alpha value is -2.09. The van der Waals surface area contributed by atoms with Gasteiger partial charge in [0.15, 0.2) is 0 Å². The normalized spacial score (nSPS) is 23.5. The third-order valence-electron chi connectivity index (χ3n) is 4.50. The van der Waals surface area contributed by atoms with E-state index >= 15 is 0 Å². The molecule has 2 unspecified atom stereocenters. The van der Waals surface area contributed by atoms with Crippen LogP contribution in [0.4, 0.5) is 4.39 Å². The second-order valence-corrected chi connectivity index (χ2v) is 5.95. The van der Waals surface area contributed by atoms with Crippen molar-refractivity contribution in [2.45, 2.75) is 31.8 Å². The van der Waals surface area contributed by atoms with E-state index in [1.807, 2.05) is 12.1 Å². The Labute approximate surface area is 124 Å². The number of halogens is 1. The van der Waals surface area contributed by atoms with Crippen molar-refractivity contribution in [2.24, 2.45) is 0 Å². The zero-order valence-electron chi connectivity index (χ0n) is 12.0. The highest BCUT2D eigenvalue weighted by Crippen LogP contribution is 2.46. The van der Waals surface area contributed by atoms with Crippen LogP contribution >= 0.6 is 0 Å². The molecular formula is C19H17FO. The van der Waals surface area contributed by atoms with Crippen LogP contribution < -0.4 is 0 Å². The van der Waals surface area contributed by atoms with Crippen molar-refractivity contribution in [3.05, 3.63) is 76.6 Å². The van der Waals surface area contributed by atoms with Gasteiger partial charge in [0.25, 0.3) is 0 Å². The zero-order valence-corrected chi connectivity index (χ0v) is 12.0. The van der Waals surface area contributed by atoms with Crippen molar-refractivity contribution in [3.8, 4) is 0 Å². The van der Waals surface area contributed by atoms with Gasteiger partial charge in [-0.3, -0.25) is 0 Å². The maximum absolute atomic E-state index is 13.2. The molecule has 1 nitrogen and oxygen atoms in total. The summed E-state index contributed by atoms with van der Waals surface area (Å²) in [6.45, 7) is 2.11. The zero-order chi connectivity index (χ0) is 14.4. The lowest BCUT2D eigenvalue weighted by atomic mass is 9.78. The van der Waals surface area contributed by atoms with Crippen molar-refractivity contribution in [1.82, 2.24) is 0 Å². The van der Waals surface area contributed by atoms with E-state index in [1.54, 1.807) is 12.1 Å². The Bertz CT molecular complexity index is 715. The third kappa shape index (κ3) is 2.06. The predicted molar refractivity (Wildman–Crippen MR) is 81.4 cm³/mol. The summed E-state index contributed by atoms with van der Waals surface area (Å²) in [5, 5.41) is 0. The van der Waals surface area contributed by atoms with Crippen molar-refractivity contribution in [1.29, 1.82) is 0 Å². The number of hydrogen-bond acceptors (Lipinski definition) is 1. The quantitative estimate of drug-likeness (QED) is 0.736. The molecule has 2 aliphatic rings. The number of rotatable bonds is 1. The van der Waals surface area contributed by atoms with Crippen molar-refractivity contribution < 1.29 is 9.13 Å². The molecule has 21 heavy (non-hydrogen) atoms. The summed E-state index contributed by atoms with van der Waals surface area (Å²) in [5.74, 6) is 1.18. The molecule has 0 amide bonds. The van der Waals surface area contributed by atoms with Gasteiger partial charge in [0.2, 0.25) is 0 Å². The van der Waals surface area contributed by atoms with E-state index < -0.39 is 0 Å². The topological polar surface area (TPSA) is 9.23 Å². The van der Waals surface area contributed by atoms with E-state index in [9.17, 15) is 4.39 Å². The molecule has 2 heteroatoms. The molecule has 2 aromatic carbocycles. The van der Waals surface area contributed by atoms with E-state index in [0.717, 1.165) is 18.6 Å². The van der Waals surface area contributed by atoms with E-state index in [2.05, 4.69) is 31.2 Å². The summed E-state index contributed by atoms with van der Waals surface area (Å²) >= 11 is 0. The standard InChI is InChI=1S/C19H17FO/c1-12-10-18-17(13-6-8-15(20)9-7-13)11-14-4-2-3-5-16(14)19(18)21-12/h2-9,12,17H,10-11H2,1H3. The molecule has 1 aliphatic carbocycles. The van der Waals surface area contributed by atoms with Crippen LogP contribution in [0.1, 0.15) is 36.0 Å². The van der Waals surface area contributed by atoms with Gasteiger partial charge in [0.05, 0.1) is 6.10 Å². The number of benzene rings is 2. The highest BCUT2D eigenvalue weighted by Gasteiger charge is 2.35. The first kappa shape index (κ1) is 12.6. The van der Waals surface area contributed by atoms with Gasteiger partial charge in [-0.15, -0.1) is 0 Å². The smallest absolute Gasteiger partial charge is 0.127 e. The van der Waals surface area contributed by atoms with E-state index in [-0.39, 0.29) is 11.9 Å². The number of ether oxygens (including phenoxy) is 1. The molecule has 0 bridgehead atoms. The summed E-state index contributed by atoms with van der Waals surface area (Å²) in [6.07, 6.45) is 2.16. The van der Waals surface area contributed by atoms with Gasteiger partial charge in [0, 0.05) is 17.9 Å². The molecule has 1 aliphatic heterocycles. The third-order valence-corrected chi connectivity index (χ3v) is 4.50. The minimum atomic E-state index is -0.180. The van der Waals surface area contributed by atoms with Crippen LogP contribution in [0.2, 0.25) is 0 Å². The Morgan fingerprint density at radius 2 is 1.76 bits per heavy atom. The van der Waals surface area contributed by atoms with Crippen LogP contribution in [-0.2, 0) is 11.2 Å². The minimum absolute atomic E-state index is 0.180. The maximum atomic E-state index is 13.2. The fraction of sp³-hybridized carbons (Fsp3) is 0.263. The van der Waals surface area contributed by atoms with E-state index in [4.69, 9.17) is 4.74 Å². The molecular weight excluding hydrogens is 263 g/mol. The first-order valence-corrected chi connectivity index (χ1v) is 7.46. The second kappa shape index (κ2) is 4.73. The van der Waals surface area contributed by atoms with Gasteiger partial charge in [0.1, 0.15) is 11.6 Å². The number of hydrogen-bond donors (Lipinski definition) is 0. The molecule has 0 N–H and O–H groups in total. The molecule has 4 rings (SSSR count). The number of fused-ring (bicyclic) bond motifs is 2. The van der Waals surface area contributed by atoms with E-state index in [1.165, 1.54) is 22.3 Å². The average Bonchev–Trinajstić information content (AvgIpc) is 2.89.